The molecule has 1 saturated heterocycles. The van der Waals surface area contributed by atoms with Gasteiger partial charge >= 0.3 is 0 Å². The lowest BCUT2D eigenvalue weighted by molar-refractivity contribution is -0.119. The smallest absolute Gasteiger partial charge is 0.251 e. The van der Waals surface area contributed by atoms with Crippen molar-refractivity contribution in [2.24, 2.45) is 0 Å². The van der Waals surface area contributed by atoms with Crippen LogP contribution in [0.15, 0.2) is 24.4 Å². The molecule has 2 aliphatic heterocycles. The van der Waals surface area contributed by atoms with Crippen LogP contribution in [0.1, 0.15) is 81.5 Å². The van der Waals surface area contributed by atoms with Crippen molar-refractivity contribution in [3.8, 4) is 5.75 Å². The summed E-state index contributed by atoms with van der Waals surface area (Å²) in [5.41, 5.74) is 2.05. The predicted molar refractivity (Wildman–Crippen MR) is 160 cm³/mol. The second-order valence-corrected chi connectivity index (χ2v) is 12.2. The van der Waals surface area contributed by atoms with Crippen LogP contribution in [0.3, 0.4) is 0 Å². The number of aromatic nitrogens is 2. The summed E-state index contributed by atoms with van der Waals surface area (Å²) in [4.78, 5) is 41.9. The second kappa shape index (κ2) is 11.8. The maximum Gasteiger partial charge on any atom is 0.251 e. The van der Waals surface area contributed by atoms with Crippen LogP contribution in [0.4, 0.5) is 23.1 Å². The molecule has 2 amide bonds. The molecule has 0 bridgehead atoms. The van der Waals surface area contributed by atoms with E-state index in [9.17, 15) is 9.59 Å². The number of hydrogen-bond donors (Lipinski definition) is 2. The van der Waals surface area contributed by atoms with E-state index in [0.717, 1.165) is 81.6 Å². The van der Waals surface area contributed by atoms with Crippen LogP contribution in [-0.2, 0) is 4.79 Å². The third-order valence-electron chi connectivity index (χ3n) is 9.32. The number of piperidine rings is 1. The second-order valence-electron chi connectivity index (χ2n) is 12.2. The lowest BCUT2D eigenvalue weighted by Gasteiger charge is -2.42. The quantitative estimate of drug-likeness (QED) is 0.510. The van der Waals surface area contributed by atoms with Gasteiger partial charge in [0.25, 0.3) is 5.91 Å². The van der Waals surface area contributed by atoms with Gasteiger partial charge in [0.05, 0.1) is 18.0 Å². The van der Waals surface area contributed by atoms with Gasteiger partial charge in [0.15, 0.2) is 5.82 Å². The van der Waals surface area contributed by atoms with Gasteiger partial charge in [0.2, 0.25) is 11.9 Å². The van der Waals surface area contributed by atoms with Gasteiger partial charge in [0.1, 0.15) is 17.5 Å². The molecule has 4 aliphatic rings. The lowest BCUT2D eigenvalue weighted by Crippen LogP contribution is -2.54. The van der Waals surface area contributed by atoms with Gasteiger partial charge in [-0.1, -0.05) is 12.8 Å². The molecule has 1 atom stereocenters. The largest absolute Gasteiger partial charge is 0.488 e. The zero-order chi connectivity index (χ0) is 28.5. The Bertz CT molecular complexity index is 1270. The molecule has 2 N–H and O–H groups in total. The van der Waals surface area contributed by atoms with Crippen LogP contribution in [0.5, 0.6) is 5.75 Å². The Labute approximate surface area is 242 Å². The summed E-state index contributed by atoms with van der Waals surface area (Å²) in [5, 5.41) is 6.61. The summed E-state index contributed by atoms with van der Waals surface area (Å²) in [6.07, 6.45) is 12.6. The number of hydrogen-bond acceptors (Lipinski definition) is 8. The molecule has 2 aliphatic carbocycles. The van der Waals surface area contributed by atoms with E-state index in [-0.39, 0.29) is 30.0 Å². The molecule has 0 spiro atoms. The van der Waals surface area contributed by atoms with Crippen LogP contribution in [0.2, 0.25) is 0 Å². The fourth-order valence-corrected chi connectivity index (χ4v) is 6.82. The van der Waals surface area contributed by atoms with Gasteiger partial charge in [-0.05, 0) is 96.6 Å². The topological polar surface area (TPSA) is 103 Å². The molecular weight excluding hydrogens is 518 g/mol. The van der Waals surface area contributed by atoms with Gasteiger partial charge in [-0.3, -0.25) is 9.59 Å². The maximum atomic E-state index is 13.2. The standard InChI is InChI=1S/C31H43N7O3/c1-20-30(40)37(3)26-19-32-31(35-28(26)38(20)23-8-4-5-9-23)34-25-13-12-21(18-27(25)41-24-10-6-7-11-24)29(39)33-22-14-16-36(2)17-15-22/h12-13,18-20,22-24H,4-11,14-17H2,1-3H3,(H,33,39)(H,32,34,35)/t20-/m0/s1. The number of anilines is 4. The van der Waals surface area contributed by atoms with Crippen molar-refractivity contribution in [3.05, 3.63) is 30.0 Å². The van der Waals surface area contributed by atoms with Crippen LogP contribution >= 0.6 is 0 Å². The summed E-state index contributed by atoms with van der Waals surface area (Å²) < 4.78 is 6.47. The molecule has 0 unspecified atom stereocenters. The Hall–Kier alpha value is -3.40. The van der Waals surface area contributed by atoms with Crippen molar-refractivity contribution in [3.63, 3.8) is 0 Å². The number of carbonyl (C=O) groups is 2. The first kappa shape index (κ1) is 27.8. The normalized spacial score (nSPS) is 22.7. The summed E-state index contributed by atoms with van der Waals surface area (Å²) in [6, 6.07) is 5.79. The number of carbonyl (C=O) groups excluding carboxylic acids is 2. The third-order valence-corrected chi connectivity index (χ3v) is 9.32. The van der Waals surface area contributed by atoms with E-state index in [4.69, 9.17) is 9.72 Å². The molecule has 3 heterocycles. The number of rotatable bonds is 7. The number of likely N-dealkylation sites (N-methyl/N-ethyl adjacent to an activating group) is 1. The first-order chi connectivity index (χ1) is 19.9. The monoisotopic (exact) mass is 561 g/mol. The van der Waals surface area contributed by atoms with Crippen molar-refractivity contribution in [2.75, 3.05) is 42.3 Å². The van der Waals surface area contributed by atoms with Crippen LogP contribution < -0.4 is 25.2 Å². The number of likely N-dealkylation sites (tertiary alicyclic amines) is 1. The Morgan fingerprint density at radius 1 is 1.00 bits per heavy atom. The zero-order valence-electron chi connectivity index (χ0n) is 24.6. The number of nitrogens with zero attached hydrogens (tertiary/aromatic N) is 5. The molecular formula is C31H43N7O3. The van der Waals surface area contributed by atoms with Gasteiger partial charge in [0, 0.05) is 24.7 Å². The molecule has 1 aromatic heterocycles. The average molecular weight is 562 g/mol. The fourth-order valence-electron chi connectivity index (χ4n) is 6.82. The van der Waals surface area contributed by atoms with Gasteiger partial charge in [-0.15, -0.1) is 0 Å². The Kier molecular flexibility index (Phi) is 8.01. The molecule has 2 aromatic rings. The van der Waals surface area contributed by atoms with E-state index in [1.165, 1.54) is 12.8 Å². The molecule has 10 heteroatoms. The van der Waals surface area contributed by atoms with Crippen LogP contribution in [-0.4, -0.2) is 78.1 Å². The highest BCUT2D eigenvalue weighted by atomic mass is 16.5. The van der Waals surface area contributed by atoms with E-state index < -0.39 is 0 Å². The minimum atomic E-state index is -0.276. The molecule has 41 heavy (non-hydrogen) atoms. The molecule has 220 valence electrons. The molecule has 3 fully saturated rings. The van der Waals surface area contributed by atoms with E-state index >= 15 is 0 Å². The van der Waals surface area contributed by atoms with E-state index in [0.29, 0.717) is 23.3 Å². The number of nitrogens with one attached hydrogen (secondary N) is 2. The Balaban J connectivity index is 1.27. The summed E-state index contributed by atoms with van der Waals surface area (Å²) >= 11 is 0. The van der Waals surface area contributed by atoms with Crippen LogP contribution in [0, 0.1) is 0 Å². The van der Waals surface area contributed by atoms with E-state index in [1.54, 1.807) is 18.1 Å². The summed E-state index contributed by atoms with van der Waals surface area (Å²) in [7, 11) is 3.91. The van der Waals surface area contributed by atoms with E-state index in [1.807, 2.05) is 25.1 Å². The maximum absolute atomic E-state index is 13.2. The highest BCUT2D eigenvalue weighted by molar-refractivity contribution is 6.04. The van der Waals surface area contributed by atoms with Crippen molar-refractivity contribution < 1.29 is 14.3 Å². The van der Waals surface area contributed by atoms with E-state index in [2.05, 4.69) is 32.5 Å². The SMILES string of the molecule is C[C@H]1C(=O)N(C)c2cnc(Nc3ccc(C(=O)NC4CCN(C)CC4)cc3OC3CCCC3)nc2N1C1CCCC1. The molecule has 2 saturated carbocycles. The minimum absolute atomic E-state index is 0.0649. The summed E-state index contributed by atoms with van der Waals surface area (Å²) in [6.45, 7) is 3.95. The first-order valence-corrected chi connectivity index (χ1v) is 15.4. The predicted octanol–water partition coefficient (Wildman–Crippen LogP) is 4.48. The Morgan fingerprint density at radius 3 is 2.44 bits per heavy atom. The first-order valence-electron chi connectivity index (χ1n) is 15.4. The minimum Gasteiger partial charge on any atom is -0.488 e. The van der Waals surface area contributed by atoms with Gasteiger partial charge in [-0.2, -0.15) is 4.98 Å². The number of amides is 2. The van der Waals surface area contributed by atoms with Crippen molar-refractivity contribution in [1.29, 1.82) is 0 Å². The highest BCUT2D eigenvalue weighted by Gasteiger charge is 2.39. The fraction of sp³-hybridized carbons (Fsp3) is 0.613. The summed E-state index contributed by atoms with van der Waals surface area (Å²) in [5.74, 6) is 1.87. The molecule has 0 radical (unpaired) electrons. The Morgan fingerprint density at radius 2 is 1.71 bits per heavy atom. The molecule has 10 nitrogen and oxygen atoms in total. The van der Waals surface area contributed by atoms with Gasteiger partial charge in [-0.25, -0.2) is 4.98 Å². The lowest BCUT2D eigenvalue weighted by atomic mass is 10.0. The number of benzene rings is 1. The van der Waals surface area contributed by atoms with Crippen molar-refractivity contribution >= 4 is 35.0 Å². The highest BCUT2D eigenvalue weighted by Crippen LogP contribution is 2.40. The van der Waals surface area contributed by atoms with Crippen molar-refractivity contribution in [2.45, 2.75) is 95.4 Å². The van der Waals surface area contributed by atoms with Crippen LogP contribution in [0.25, 0.3) is 0 Å². The molecule has 6 rings (SSSR count). The van der Waals surface area contributed by atoms with Crippen molar-refractivity contribution in [1.82, 2.24) is 20.2 Å². The average Bonchev–Trinajstić information content (AvgIpc) is 3.69. The van der Waals surface area contributed by atoms with Gasteiger partial charge < -0.3 is 30.1 Å². The number of ether oxygens (including phenoxy) is 1. The number of fused-ring (bicyclic) bond motifs is 1. The zero-order valence-corrected chi connectivity index (χ0v) is 24.6. The molecule has 1 aromatic carbocycles. The third kappa shape index (κ3) is 5.84.